The van der Waals surface area contributed by atoms with Crippen LogP contribution in [0.15, 0.2) is 79.4 Å². The number of nitrogens with zero attached hydrogens (tertiary/aromatic N) is 2. The van der Waals surface area contributed by atoms with Crippen molar-refractivity contribution in [2.45, 2.75) is 12.5 Å². The molecule has 0 aliphatic heterocycles. The van der Waals surface area contributed by atoms with E-state index in [1.807, 2.05) is 54.6 Å². The number of aromatic nitrogens is 2. The molecule has 1 atom stereocenters. The number of hydrogen-bond donors (Lipinski definition) is 1. The molecule has 5 nitrogen and oxygen atoms in total. The van der Waals surface area contributed by atoms with Gasteiger partial charge >= 0.3 is 0 Å². The minimum atomic E-state index is -3.47. The quantitative estimate of drug-likeness (QED) is 0.709. The third kappa shape index (κ3) is 4.95. The second-order valence-corrected chi connectivity index (χ2v) is 7.54. The fraction of sp³-hybridized carbons (Fsp3) is 0.158. The fourth-order valence-electron chi connectivity index (χ4n) is 2.57. The second kappa shape index (κ2) is 8.00. The van der Waals surface area contributed by atoms with Crippen molar-refractivity contribution in [3.8, 4) is 0 Å². The lowest BCUT2D eigenvalue weighted by molar-refractivity contribution is 0.571. The van der Waals surface area contributed by atoms with E-state index in [9.17, 15) is 8.42 Å². The monoisotopic (exact) mass is 353 g/mol. The maximum atomic E-state index is 12.6. The van der Waals surface area contributed by atoms with Crippen molar-refractivity contribution in [3.63, 3.8) is 0 Å². The van der Waals surface area contributed by atoms with Crippen molar-refractivity contribution in [2.75, 3.05) is 5.75 Å². The molecule has 0 spiro atoms. The van der Waals surface area contributed by atoms with Crippen LogP contribution in [-0.4, -0.2) is 24.1 Å². The van der Waals surface area contributed by atoms with E-state index in [2.05, 4.69) is 14.7 Å². The molecule has 2 heterocycles. The zero-order valence-corrected chi connectivity index (χ0v) is 14.4. The third-order valence-electron chi connectivity index (χ3n) is 3.88. The Kier molecular flexibility index (Phi) is 5.53. The normalized spacial score (nSPS) is 12.6. The van der Waals surface area contributed by atoms with Crippen molar-refractivity contribution in [1.82, 2.24) is 14.7 Å². The Labute approximate surface area is 147 Å². The van der Waals surface area contributed by atoms with Gasteiger partial charge in [-0.1, -0.05) is 30.3 Å². The first-order valence-electron chi connectivity index (χ1n) is 7.98. The van der Waals surface area contributed by atoms with Crippen molar-refractivity contribution in [1.29, 1.82) is 0 Å². The molecule has 3 aromatic rings. The summed E-state index contributed by atoms with van der Waals surface area (Å²) in [6.45, 7) is 0. The van der Waals surface area contributed by atoms with Crippen LogP contribution in [0.2, 0.25) is 0 Å². The number of pyridine rings is 2. The molecule has 0 aliphatic carbocycles. The van der Waals surface area contributed by atoms with Gasteiger partial charge in [0.05, 0.1) is 11.8 Å². The lowest BCUT2D eigenvalue weighted by atomic mass is 10.0. The first-order chi connectivity index (χ1) is 12.1. The van der Waals surface area contributed by atoms with Gasteiger partial charge in [-0.05, 0) is 47.4 Å². The minimum Gasteiger partial charge on any atom is -0.265 e. The average molecular weight is 353 g/mol. The summed E-state index contributed by atoms with van der Waals surface area (Å²) in [7, 11) is -3.47. The predicted molar refractivity (Wildman–Crippen MR) is 97.4 cm³/mol. The maximum Gasteiger partial charge on any atom is 0.212 e. The summed E-state index contributed by atoms with van der Waals surface area (Å²) in [6, 6.07) is 16.4. The molecule has 1 N–H and O–H groups in total. The topological polar surface area (TPSA) is 72.0 Å². The Morgan fingerprint density at radius 2 is 1.36 bits per heavy atom. The van der Waals surface area contributed by atoms with Gasteiger partial charge in [-0.15, -0.1) is 0 Å². The molecule has 1 unspecified atom stereocenters. The zero-order chi connectivity index (χ0) is 17.5. The van der Waals surface area contributed by atoms with Crippen LogP contribution in [0.1, 0.15) is 22.7 Å². The minimum absolute atomic E-state index is 0.0193. The Bertz CT molecular complexity index is 846. The van der Waals surface area contributed by atoms with E-state index in [-0.39, 0.29) is 5.75 Å². The van der Waals surface area contributed by atoms with Crippen LogP contribution in [0.25, 0.3) is 0 Å². The summed E-state index contributed by atoms with van der Waals surface area (Å²) in [5, 5.41) is 0. The van der Waals surface area contributed by atoms with Gasteiger partial charge < -0.3 is 0 Å². The molecule has 1 aromatic carbocycles. The molecular weight excluding hydrogens is 334 g/mol. The molecule has 0 amide bonds. The van der Waals surface area contributed by atoms with E-state index >= 15 is 0 Å². The van der Waals surface area contributed by atoms with Gasteiger partial charge in [0.15, 0.2) is 0 Å². The SMILES string of the molecule is O=S(=O)(CCc1ccncc1)NC(c1ccccc1)c1ccncc1. The Balaban J connectivity index is 1.80. The summed E-state index contributed by atoms with van der Waals surface area (Å²) < 4.78 is 28.1. The highest BCUT2D eigenvalue weighted by atomic mass is 32.2. The average Bonchev–Trinajstić information content (AvgIpc) is 2.67. The molecule has 128 valence electrons. The highest BCUT2D eigenvalue weighted by molar-refractivity contribution is 7.89. The van der Waals surface area contributed by atoms with E-state index in [4.69, 9.17) is 0 Å². The predicted octanol–water partition coefficient (Wildman–Crippen LogP) is 2.73. The Morgan fingerprint density at radius 1 is 0.800 bits per heavy atom. The van der Waals surface area contributed by atoms with Gasteiger partial charge in [0.1, 0.15) is 0 Å². The lowest BCUT2D eigenvalue weighted by Gasteiger charge is -2.19. The molecule has 2 aromatic heterocycles. The summed E-state index contributed by atoms with van der Waals surface area (Å²) in [5.41, 5.74) is 2.69. The summed E-state index contributed by atoms with van der Waals surface area (Å²) in [5.74, 6) is 0.0193. The van der Waals surface area contributed by atoms with Crippen molar-refractivity contribution in [3.05, 3.63) is 96.1 Å². The molecular formula is C19H19N3O2S. The van der Waals surface area contributed by atoms with Crippen LogP contribution in [0, 0.1) is 0 Å². The third-order valence-corrected chi connectivity index (χ3v) is 5.21. The number of rotatable bonds is 7. The summed E-state index contributed by atoms with van der Waals surface area (Å²) >= 11 is 0. The number of sulfonamides is 1. The number of nitrogens with one attached hydrogen (secondary N) is 1. The van der Waals surface area contributed by atoms with Crippen LogP contribution in [-0.2, 0) is 16.4 Å². The van der Waals surface area contributed by atoms with E-state index in [1.165, 1.54) is 0 Å². The summed E-state index contributed by atoms with van der Waals surface area (Å²) in [6.07, 6.45) is 7.10. The van der Waals surface area contributed by atoms with E-state index in [0.717, 1.165) is 16.7 Å². The Hall–Kier alpha value is -2.57. The molecule has 0 bridgehead atoms. The van der Waals surface area contributed by atoms with Gasteiger partial charge in [-0.25, -0.2) is 13.1 Å². The first kappa shape index (κ1) is 17.3. The van der Waals surface area contributed by atoms with Gasteiger partial charge in [-0.2, -0.15) is 0 Å². The Morgan fingerprint density at radius 3 is 2.00 bits per heavy atom. The van der Waals surface area contributed by atoms with Gasteiger partial charge in [-0.3, -0.25) is 9.97 Å². The smallest absolute Gasteiger partial charge is 0.212 e. The highest BCUT2D eigenvalue weighted by Gasteiger charge is 2.21. The maximum absolute atomic E-state index is 12.6. The first-order valence-corrected chi connectivity index (χ1v) is 9.63. The molecule has 6 heteroatoms. The van der Waals surface area contributed by atoms with E-state index in [1.54, 1.807) is 24.8 Å². The number of hydrogen-bond acceptors (Lipinski definition) is 4. The largest absolute Gasteiger partial charge is 0.265 e. The van der Waals surface area contributed by atoms with Gasteiger partial charge in [0, 0.05) is 24.8 Å². The molecule has 3 rings (SSSR count). The molecule has 0 fully saturated rings. The molecule has 0 radical (unpaired) electrons. The molecule has 0 saturated heterocycles. The zero-order valence-electron chi connectivity index (χ0n) is 13.6. The van der Waals surface area contributed by atoms with E-state index < -0.39 is 16.1 Å². The van der Waals surface area contributed by atoms with Crippen LogP contribution >= 0.6 is 0 Å². The van der Waals surface area contributed by atoms with Crippen molar-refractivity contribution in [2.24, 2.45) is 0 Å². The summed E-state index contributed by atoms with van der Waals surface area (Å²) in [4.78, 5) is 7.96. The van der Waals surface area contributed by atoms with Crippen LogP contribution in [0.5, 0.6) is 0 Å². The van der Waals surface area contributed by atoms with Crippen LogP contribution < -0.4 is 4.72 Å². The lowest BCUT2D eigenvalue weighted by Crippen LogP contribution is -2.32. The van der Waals surface area contributed by atoms with Gasteiger partial charge in [0.25, 0.3) is 0 Å². The number of aryl methyl sites for hydroxylation is 1. The van der Waals surface area contributed by atoms with Crippen molar-refractivity contribution >= 4 is 10.0 Å². The van der Waals surface area contributed by atoms with Crippen LogP contribution in [0.4, 0.5) is 0 Å². The van der Waals surface area contributed by atoms with Gasteiger partial charge in [0.2, 0.25) is 10.0 Å². The highest BCUT2D eigenvalue weighted by Crippen LogP contribution is 2.22. The second-order valence-electron chi connectivity index (χ2n) is 5.67. The standard InChI is InChI=1S/C19H19N3O2S/c23-25(24,15-10-16-6-11-20-12-7-16)22-19(17-4-2-1-3-5-17)18-8-13-21-14-9-18/h1-9,11-14,19,22H,10,15H2. The van der Waals surface area contributed by atoms with Crippen molar-refractivity contribution < 1.29 is 8.42 Å². The number of benzene rings is 1. The molecule has 0 aliphatic rings. The van der Waals surface area contributed by atoms with E-state index in [0.29, 0.717) is 6.42 Å². The molecule has 0 saturated carbocycles. The fourth-order valence-corrected chi connectivity index (χ4v) is 3.82. The van der Waals surface area contributed by atoms with Crippen LogP contribution in [0.3, 0.4) is 0 Å². The molecule has 25 heavy (non-hydrogen) atoms.